The van der Waals surface area contributed by atoms with Crippen LogP contribution in [0, 0.1) is 0 Å². The van der Waals surface area contributed by atoms with E-state index in [1.54, 1.807) is 6.92 Å². The van der Waals surface area contributed by atoms with Crippen LogP contribution in [0.1, 0.15) is 17.3 Å². The van der Waals surface area contributed by atoms with Crippen molar-refractivity contribution in [3.63, 3.8) is 0 Å². The standard InChI is InChI=1S/C12H11ClN4O5/c1-2-22-8-4-7(6(13)3-5(8)9(18)19)14-10-15-11(20)17-12(21)16-10/h3-4H,2H2,1H3,(H,18,19)(H3,14,15,16,17,20,21). The van der Waals surface area contributed by atoms with E-state index < -0.39 is 18.0 Å². The molecule has 2 rings (SSSR count). The Bertz CT molecular complexity index is 705. The van der Waals surface area contributed by atoms with Crippen molar-refractivity contribution in [2.24, 2.45) is 0 Å². The van der Waals surface area contributed by atoms with Gasteiger partial charge in [-0.15, -0.1) is 4.98 Å². The van der Waals surface area contributed by atoms with E-state index in [-0.39, 0.29) is 34.6 Å². The Hall–Kier alpha value is -2.81. The summed E-state index contributed by atoms with van der Waals surface area (Å²) in [4.78, 5) is 21.4. The normalized spacial score (nSPS) is 10.3. The van der Waals surface area contributed by atoms with Gasteiger partial charge in [-0.05, 0) is 13.0 Å². The van der Waals surface area contributed by atoms with Crippen molar-refractivity contribution in [1.29, 1.82) is 0 Å². The van der Waals surface area contributed by atoms with Gasteiger partial charge in [0.2, 0.25) is 5.95 Å². The van der Waals surface area contributed by atoms with E-state index in [0.717, 1.165) is 0 Å². The Morgan fingerprint density at radius 3 is 2.45 bits per heavy atom. The molecule has 0 unspecified atom stereocenters. The summed E-state index contributed by atoms with van der Waals surface area (Å²) in [7, 11) is 0. The highest BCUT2D eigenvalue weighted by Crippen LogP contribution is 2.32. The summed E-state index contributed by atoms with van der Waals surface area (Å²) in [6, 6.07) is 1.20. The number of hydrogen-bond acceptors (Lipinski definition) is 8. The largest absolute Gasteiger partial charge is 0.493 e. The first-order valence-corrected chi connectivity index (χ1v) is 6.39. The van der Waals surface area contributed by atoms with Crippen molar-refractivity contribution in [2.45, 2.75) is 6.92 Å². The number of nitrogens with zero attached hydrogens (tertiary/aromatic N) is 3. The molecular formula is C12H11ClN4O5. The van der Waals surface area contributed by atoms with Gasteiger partial charge in [0.05, 0.1) is 17.3 Å². The fourth-order valence-corrected chi connectivity index (χ4v) is 1.83. The Morgan fingerprint density at radius 2 is 1.91 bits per heavy atom. The number of aromatic carboxylic acids is 1. The maximum Gasteiger partial charge on any atom is 0.339 e. The molecule has 116 valence electrons. The number of carboxylic acids is 1. The first kappa shape index (κ1) is 15.6. The number of carbonyl (C=O) groups is 1. The number of halogens is 1. The predicted molar refractivity (Wildman–Crippen MR) is 76.0 cm³/mol. The van der Waals surface area contributed by atoms with Crippen molar-refractivity contribution in [3.8, 4) is 17.8 Å². The van der Waals surface area contributed by atoms with Crippen LogP contribution in [0.25, 0.3) is 0 Å². The van der Waals surface area contributed by atoms with Crippen molar-refractivity contribution in [2.75, 3.05) is 11.9 Å². The highest BCUT2D eigenvalue weighted by Gasteiger charge is 2.16. The highest BCUT2D eigenvalue weighted by molar-refractivity contribution is 6.33. The van der Waals surface area contributed by atoms with Crippen molar-refractivity contribution in [3.05, 3.63) is 22.7 Å². The van der Waals surface area contributed by atoms with Gasteiger partial charge in [0.25, 0.3) is 0 Å². The second-order valence-corrected chi connectivity index (χ2v) is 4.36. The molecule has 0 aliphatic rings. The average molecular weight is 327 g/mol. The maximum atomic E-state index is 11.1. The molecule has 0 spiro atoms. The molecule has 1 aromatic heterocycles. The number of carboxylic acid groups (broad SMARTS) is 1. The summed E-state index contributed by atoms with van der Waals surface area (Å²) in [5.41, 5.74) is 0.138. The molecule has 0 bridgehead atoms. The molecule has 9 nitrogen and oxygen atoms in total. The highest BCUT2D eigenvalue weighted by atomic mass is 35.5. The first-order valence-electron chi connectivity index (χ1n) is 6.01. The quantitative estimate of drug-likeness (QED) is 0.647. The number of benzene rings is 1. The van der Waals surface area contributed by atoms with E-state index in [1.165, 1.54) is 12.1 Å². The Kier molecular flexibility index (Phi) is 4.47. The van der Waals surface area contributed by atoms with Crippen molar-refractivity contribution >= 4 is 29.2 Å². The smallest absolute Gasteiger partial charge is 0.339 e. The van der Waals surface area contributed by atoms with Crippen molar-refractivity contribution in [1.82, 2.24) is 15.0 Å². The summed E-state index contributed by atoms with van der Waals surface area (Å²) in [5, 5.41) is 30.2. The lowest BCUT2D eigenvalue weighted by Crippen LogP contribution is -2.05. The molecular weight excluding hydrogens is 316 g/mol. The minimum Gasteiger partial charge on any atom is -0.493 e. The molecule has 0 saturated heterocycles. The number of aromatic nitrogens is 3. The van der Waals surface area contributed by atoms with Gasteiger partial charge in [0.1, 0.15) is 11.3 Å². The van der Waals surface area contributed by atoms with E-state index in [4.69, 9.17) is 21.4 Å². The molecule has 22 heavy (non-hydrogen) atoms. The molecule has 0 amide bonds. The summed E-state index contributed by atoms with van der Waals surface area (Å²) in [6.07, 6.45) is 0. The van der Waals surface area contributed by atoms with Gasteiger partial charge in [0, 0.05) is 6.07 Å². The van der Waals surface area contributed by atoms with Crippen LogP contribution >= 0.6 is 11.6 Å². The predicted octanol–water partition coefficient (Wildman–Crippen LogP) is 1.78. The van der Waals surface area contributed by atoms with Gasteiger partial charge >= 0.3 is 18.0 Å². The summed E-state index contributed by atoms with van der Waals surface area (Å²) < 4.78 is 5.25. The molecule has 0 radical (unpaired) electrons. The molecule has 2 aromatic rings. The molecule has 10 heteroatoms. The Balaban J connectivity index is 2.42. The topological polar surface area (TPSA) is 138 Å². The van der Waals surface area contributed by atoms with Crippen LogP contribution in [-0.4, -0.2) is 42.8 Å². The van der Waals surface area contributed by atoms with E-state index in [0.29, 0.717) is 0 Å². The molecule has 0 fully saturated rings. The molecule has 1 heterocycles. The second-order valence-electron chi connectivity index (χ2n) is 3.95. The van der Waals surface area contributed by atoms with Crippen LogP contribution < -0.4 is 10.1 Å². The molecule has 0 atom stereocenters. The zero-order valence-electron chi connectivity index (χ0n) is 11.2. The lowest BCUT2D eigenvalue weighted by Gasteiger charge is -2.12. The number of aromatic hydroxyl groups is 2. The van der Waals surface area contributed by atoms with E-state index >= 15 is 0 Å². The van der Waals surface area contributed by atoms with Gasteiger partial charge in [-0.25, -0.2) is 4.79 Å². The third-order valence-corrected chi connectivity index (χ3v) is 2.77. The van der Waals surface area contributed by atoms with Crippen LogP contribution in [-0.2, 0) is 0 Å². The minimum atomic E-state index is -1.19. The molecule has 0 aliphatic carbocycles. The van der Waals surface area contributed by atoms with Gasteiger partial charge in [-0.1, -0.05) is 11.6 Å². The molecule has 0 saturated carbocycles. The van der Waals surface area contributed by atoms with Crippen LogP contribution in [0.5, 0.6) is 17.8 Å². The Labute approximate surface area is 129 Å². The summed E-state index contributed by atoms with van der Waals surface area (Å²) in [6.45, 7) is 1.96. The Morgan fingerprint density at radius 1 is 1.27 bits per heavy atom. The van der Waals surface area contributed by atoms with E-state index in [2.05, 4.69) is 20.3 Å². The minimum absolute atomic E-state index is 0.0697. The fraction of sp³-hybridized carbons (Fsp3) is 0.167. The van der Waals surface area contributed by atoms with Crippen LogP contribution in [0.15, 0.2) is 12.1 Å². The number of nitrogens with one attached hydrogen (secondary N) is 1. The fourth-order valence-electron chi connectivity index (χ4n) is 1.62. The number of rotatable bonds is 5. The lowest BCUT2D eigenvalue weighted by molar-refractivity contribution is 0.0692. The second kappa shape index (κ2) is 6.31. The third-order valence-electron chi connectivity index (χ3n) is 2.46. The maximum absolute atomic E-state index is 11.1. The molecule has 1 aromatic carbocycles. The lowest BCUT2D eigenvalue weighted by atomic mass is 10.2. The van der Waals surface area contributed by atoms with E-state index in [1.807, 2.05) is 0 Å². The summed E-state index contributed by atoms with van der Waals surface area (Å²) >= 11 is 6.00. The van der Waals surface area contributed by atoms with Gasteiger partial charge in [-0.2, -0.15) is 9.97 Å². The van der Waals surface area contributed by atoms with Crippen LogP contribution in [0.4, 0.5) is 11.6 Å². The van der Waals surface area contributed by atoms with Crippen LogP contribution in [0.2, 0.25) is 5.02 Å². The zero-order valence-corrected chi connectivity index (χ0v) is 12.0. The molecule has 0 aliphatic heterocycles. The number of hydrogen-bond donors (Lipinski definition) is 4. The zero-order chi connectivity index (χ0) is 16.3. The number of ether oxygens (including phenoxy) is 1. The molecule has 4 N–H and O–H groups in total. The van der Waals surface area contributed by atoms with E-state index in [9.17, 15) is 15.0 Å². The summed E-state index contributed by atoms with van der Waals surface area (Å²) in [5.74, 6) is -1.26. The van der Waals surface area contributed by atoms with Gasteiger partial charge < -0.3 is 25.4 Å². The number of anilines is 2. The average Bonchev–Trinajstić information content (AvgIpc) is 2.41. The third kappa shape index (κ3) is 3.44. The van der Waals surface area contributed by atoms with Crippen molar-refractivity contribution < 1.29 is 24.9 Å². The van der Waals surface area contributed by atoms with Crippen LogP contribution in [0.3, 0.4) is 0 Å². The monoisotopic (exact) mass is 326 g/mol. The SMILES string of the molecule is CCOc1cc(Nc2nc(O)nc(O)n2)c(Cl)cc1C(=O)O. The first-order chi connectivity index (χ1) is 10.4. The van der Waals surface area contributed by atoms with Gasteiger partial charge in [-0.3, -0.25) is 0 Å². The van der Waals surface area contributed by atoms with Gasteiger partial charge in [0.15, 0.2) is 0 Å².